The van der Waals surface area contributed by atoms with Gasteiger partial charge in [-0.25, -0.2) is 0 Å². The summed E-state index contributed by atoms with van der Waals surface area (Å²) in [5.41, 5.74) is 3.08. The number of hydrogen-bond acceptors (Lipinski definition) is 3. The van der Waals surface area contributed by atoms with Crippen LogP contribution in [0.4, 0.5) is 0 Å². The molecule has 2 unspecified atom stereocenters. The fraction of sp³-hybridized carbons (Fsp3) is 0.524. The Labute approximate surface area is 156 Å². The fourth-order valence-corrected chi connectivity index (χ4v) is 3.46. The molecule has 1 amide bonds. The third-order valence-electron chi connectivity index (χ3n) is 5.05. The Kier molecular flexibility index (Phi) is 6.09. The van der Waals surface area contributed by atoms with Crippen LogP contribution in [0.5, 0.6) is 0 Å². The third-order valence-corrected chi connectivity index (χ3v) is 5.05. The number of benzene rings is 1. The highest BCUT2D eigenvalue weighted by Gasteiger charge is 2.18. The first-order valence-electron chi connectivity index (χ1n) is 9.68. The smallest absolute Gasteiger partial charge is 0.271 e. The van der Waals surface area contributed by atoms with Gasteiger partial charge in [-0.3, -0.25) is 9.48 Å². The second-order valence-corrected chi connectivity index (χ2v) is 7.66. The van der Waals surface area contributed by atoms with Crippen LogP contribution in [0.2, 0.25) is 0 Å². The molecule has 2 aromatic rings. The van der Waals surface area contributed by atoms with Gasteiger partial charge in [0.25, 0.3) is 5.91 Å². The zero-order chi connectivity index (χ0) is 18.5. The molecule has 1 aromatic heterocycles. The first kappa shape index (κ1) is 18.6. The Morgan fingerprint density at radius 1 is 1.27 bits per heavy atom. The number of hydrogen-bond donors (Lipinski definition) is 2. The van der Waals surface area contributed by atoms with Crippen molar-refractivity contribution in [3.63, 3.8) is 0 Å². The summed E-state index contributed by atoms with van der Waals surface area (Å²) in [4.78, 5) is 12.5. The summed E-state index contributed by atoms with van der Waals surface area (Å²) in [6.07, 6.45) is 5.00. The number of carbonyl (C=O) groups excluding carboxylic acids is 1. The van der Waals surface area contributed by atoms with Crippen molar-refractivity contribution >= 4 is 5.91 Å². The minimum absolute atomic E-state index is 0.0638. The van der Waals surface area contributed by atoms with Gasteiger partial charge in [0, 0.05) is 18.8 Å². The lowest BCUT2D eigenvalue weighted by Crippen LogP contribution is -2.35. The van der Waals surface area contributed by atoms with Gasteiger partial charge < -0.3 is 10.6 Å². The van der Waals surface area contributed by atoms with E-state index >= 15 is 0 Å². The van der Waals surface area contributed by atoms with E-state index < -0.39 is 0 Å². The van der Waals surface area contributed by atoms with Crippen LogP contribution in [0.3, 0.4) is 0 Å². The molecule has 1 fully saturated rings. The Morgan fingerprint density at radius 2 is 2.04 bits per heavy atom. The van der Waals surface area contributed by atoms with E-state index in [2.05, 4.69) is 53.8 Å². The summed E-state index contributed by atoms with van der Waals surface area (Å²) in [5.74, 6) is 0.439. The van der Waals surface area contributed by atoms with Gasteiger partial charge in [0.1, 0.15) is 5.69 Å². The van der Waals surface area contributed by atoms with Crippen LogP contribution in [0, 0.1) is 0 Å². The van der Waals surface area contributed by atoms with Gasteiger partial charge in [-0.1, -0.05) is 38.1 Å². The van der Waals surface area contributed by atoms with Crippen LogP contribution in [0.1, 0.15) is 67.2 Å². The maximum Gasteiger partial charge on any atom is 0.271 e. The molecule has 3 rings (SSSR count). The molecule has 1 aliphatic heterocycles. The Bertz CT molecular complexity index is 714. The largest absolute Gasteiger partial charge is 0.348 e. The molecular formula is C21H30N4O. The highest BCUT2D eigenvalue weighted by molar-refractivity contribution is 5.92. The highest BCUT2D eigenvalue weighted by atomic mass is 16.2. The van der Waals surface area contributed by atoms with Gasteiger partial charge in [0.05, 0.1) is 6.04 Å². The lowest BCUT2D eigenvalue weighted by Gasteiger charge is -2.22. The average molecular weight is 354 g/mol. The molecule has 2 heterocycles. The molecule has 0 radical (unpaired) electrons. The molecule has 0 bridgehead atoms. The Morgan fingerprint density at radius 3 is 2.69 bits per heavy atom. The molecule has 1 aromatic carbocycles. The van der Waals surface area contributed by atoms with Crippen LogP contribution >= 0.6 is 0 Å². The molecule has 1 aliphatic rings. The second-order valence-electron chi connectivity index (χ2n) is 7.66. The van der Waals surface area contributed by atoms with Crippen molar-refractivity contribution in [2.24, 2.45) is 0 Å². The number of amides is 1. The van der Waals surface area contributed by atoms with E-state index in [0.717, 1.165) is 32.4 Å². The monoisotopic (exact) mass is 354 g/mol. The molecule has 26 heavy (non-hydrogen) atoms. The highest BCUT2D eigenvalue weighted by Crippen LogP contribution is 2.17. The lowest BCUT2D eigenvalue weighted by molar-refractivity contribution is 0.0933. The number of carbonyl (C=O) groups is 1. The van der Waals surface area contributed by atoms with Crippen LogP contribution in [-0.2, 0) is 6.42 Å². The van der Waals surface area contributed by atoms with Gasteiger partial charge in [0.15, 0.2) is 0 Å². The first-order chi connectivity index (χ1) is 12.5. The van der Waals surface area contributed by atoms with E-state index in [0.29, 0.717) is 17.7 Å². The zero-order valence-corrected chi connectivity index (χ0v) is 16.0. The zero-order valence-electron chi connectivity index (χ0n) is 16.0. The lowest BCUT2D eigenvalue weighted by atomic mass is 9.99. The van der Waals surface area contributed by atoms with Crippen molar-refractivity contribution in [3.05, 3.63) is 53.3 Å². The van der Waals surface area contributed by atoms with Gasteiger partial charge in [0.2, 0.25) is 0 Å². The van der Waals surface area contributed by atoms with Gasteiger partial charge >= 0.3 is 0 Å². The quantitative estimate of drug-likeness (QED) is 0.837. The number of piperidine rings is 1. The summed E-state index contributed by atoms with van der Waals surface area (Å²) in [6, 6.07) is 10.9. The fourth-order valence-electron chi connectivity index (χ4n) is 3.46. The van der Waals surface area contributed by atoms with Gasteiger partial charge in [-0.2, -0.15) is 5.10 Å². The standard InChI is InChI=1S/C21H30N4O/c1-15(2)18-8-6-17(7-9-18)13-16(3)23-21(26)20-10-12-25(24-20)19-5-4-11-22-14-19/h6-10,12,15-16,19,22H,4-5,11,13-14H2,1-3H3,(H,23,26). The van der Waals surface area contributed by atoms with Crippen molar-refractivity contribution in [1.82, 2.24) is 20.4 Å². The topological polar surface area (TPSA) is 59.0 Å². The van der Waals surface area contributed by atoms with Gasteiger partial charge in [-0.05, 0) is 55.8 Å². The molecule has 1 saturated heterocycles. The minimum Gasteiger partial charge on any atom is -0.348 e. The van der Waals surface area contributed by atoms with Gasteiger partial charge in [-0.15, -0.1) is 0 Å². The summed E-state index contributed by atoms with van der Waals surface area (Å²) < 4.78 is 1.93. The number of rotatable bonds is 6. The molecule has 0 aliphatic carbocycles. The summed E-state index contributed by atoms with van der Waals surface area (Å²) in [6.45, 7) is 8.42. The van der Waals surface area contributed by atoms with Crippen LogP contribution in [0.25, 0.3) is 0 Å². The van der Waals surface area contributed by atoms with E-state index in [9.17, 15) is 4.79 Å². The van der Waals surface area contributed by atoms with E-state index in [1.807, 2.05) is 23.9 Å². The predicted octanol–water partition coefficient (Wildman–Crippen LogP) is 3.29. The maximum absolute atomic E-state index is 12.5. The predicted molar refractivity (Wildman–Crippen MR) is 105 cm³/mol. The summed E-state index contributed by atoms with van der Waals surface area (Å²) >= 11 is 0. The number of nitrogens with one attached hydrogen (secondary N) is 2. The van der Waals surface area contributed by atoms with Crippen molar-refractivity contribution < 1.29 is 4.79 Å². The normalized spacial score (nSPS) is 18.7. The molecule has 2 atom stereocenters. The van der Waals surface area contributed by atoms with Crippen molar-refractivity contribution in [2.75, 3.05) is 13.1 Å². The van der Waals surface area contributed by atoms with Crippen molar-refractivity contribution in [3.8, 4) is 0 Å². The number of nitrogens with zero attached hydrogens (tertiary/aromatic N) is 2. The second kappa shape index (κ2) is 8.49. The van der Waals surface area contributed by atoms with Crippen molar-refractivity contribution in [1.29, 1.82) is 0 Å². The van der Waals surface area contributed by atoms with E-state index in [1.165, 1.54) is 11.1 Å². The average Bonchev–Trinajstić information content (AvgIpc) is 3.13. The van der Waals surface area contributed by atoms with Crippen molar-refractivity contribution in [2.45, 2.75) is 58.0 Å². The number of aromatic nitrogens is 2. The molecule has 5 nitrogen and oxygen atoms in total. The molecule has 0 saturated carbocycles. The van der Waals surface area contributed by atoms with Crippen LogP contribution in [-0.4, -0.2) is 34.8 Å². The molecule has 2 N–H and O–H groups in total. The molecule has 140 valence electrons. The van der Waals surface area contributed by atoms with E-state index in [4.69, 9.17) is 0 Å². The minimum atomic E-state index is -0.0983. The first-order valence-corrected chi connectivity index (χ1v) is 9.68. The van der Waals surface area contributed by atoms with Crippen LogP contribution < -0.4 is 10.6 Å². The van der Waals surface area contributed by atoms with E-state index in [1.54, 1.807) is 0 Å². The summed E-state index contributed by atoms with van der Waals surface area (Å²) in [7, 11) is 0. The SMILES string of the molecule is CC(Cc1ccc(C(C)C)cc1)NC(=O)c1ccn(C2CCCNC2)n1. The molecule has 0 spiro atoms. The Hall–Kier alpha value is -2.14. The third kappa shape index (κ3) is 4.73. The van der Waals surface area contributed by atoms with Crippen LogP contribution in [0.15, 0.2) is 36.5 Å². The molecular weight excluding hydrogens is 324 g/mol. The maximum atomic E-state index is 12.5. The molecule has 5 heteroatoms. The van der Waals surface area contributed by atoms with E-state index in [-0.39, 0.29) is 11.9 Å². The summed E-state index contributed by atoms with van der Waals surface area (Å²) in [5, 5.41) is 10.9. The Balaban J connectivity index is 1.54.